The van der Waals surface area contributed by atoms with Gasteiger partial charge in [-0.25, -0.2) is 8.42 Å². The number of halogens is 1. The number of aryl methyl sites for hydroxylation is 1. The summed E-state index contributed by atoms with van der Waals surface area (Å²) in [6.07, 6.45) is 1.44. The lowest BCUT2D eigenvalue weighted by Crippen LogP contribution is -2.31. The number of rotatable bonds is 6. The molecule has 0 aliphatic heterocycles. The van der Waals surface area contributed by atoms with Crippen molar-refractivity contribution >= 4 is 37.3 Å². The smallest absolute Gasteiger partial charge is 0.262 e. The maximum absolute atomic E-state index is 13.0. The molecule has 0 fully saturated rings. The van der Waals surface area contributed by atoms with Gasteiger partial charge in [0, 0.05) is 16.6 Å². The summed E-state index contributed by atoms with van der Waals surface area (Å²) in [4.78, 5) is 10.6. The van der Waals surface area contributed by atoms with Gasteiger partial charge in [0.25, 0.3) is 15.7 Å². The zero-order chi connectivity index (χ0) is 17.9. The van der Waals surface area contributed by atoms with Crippen LogP contribution in [0.1, 0.15) is 5.56 Å². The third-order valence-corrected chi connectivity index (χ3v) is 5.69. The Labute approximate surface area is 148 Å². The van der Waals surface area contributed by atoms with E-state index >= 15 is 0 Å². The van der Waals surface area contributed by atoms with Gasteiger partial charge >= 0.3 is 0 Å². The third-order valence-electron chi connectivity index (χ3n) is 3.37. The minimum absolute atomic E-state index is 0.000402. The van der Waals surface area contributed by atoms with Crippen molar-refractivity contribution in [2.24, 2.45) is 0 Å². The van der Waals surface area contributed by atoms with E-state index in [2.05, 4.69) is 22.5 Å². The second-order valence-electron chi connectivity index (χ2n) is 5.01. The number of nitro groups is 1. The summed E-state index contributed by atoms with van der Waals surface area (Å²) in [6.45, 7) is 5.29. The van der Waals surface area contributed by atoms with Gasteiger partial charge in [-0.15, -0.1) is 6.58 Å². The standard InChI is InChI=1S/C16H15BrN2O4S/c1-3-10-18(16-11-14(19(20)21)7-4-12(16)2)24(22,23)15-8-5-13(17)6-9-15/h3-9,11H,1,10H2,2H3. The van der Waals surface area contributed by atoms with Crippen molar-refractivity contribution in [3.05, 3.63) is 75.3 Å². The Hall–Kier alpha value is -2.19. The molecule has 0 saturated heterocycles. The molecule has 0 N–H and O–H groups in total. The van der Waals surface area contributed by atoms with E-state index in [1.807, 2.05) is 0 Å². The summed E-state index contributed by atoms with van der Waals surface area (Å²) >= 11 is 3.26. The van der Waals surface area contributed by atoms with E-state index in [0.717, 1.165) is 8.78 Å². The number of sulfonamides is 1. The largest absolute Gasteiger partial charge is 0.271 e. The molecule has 0 bridgehead atoms. The van der Waals surface area contributed by atoms with Crippen LogP contribution in [-0.4, -0.2) is 19.9 Å². The molecule has 0 aliphatic carbocycles. The van der Waals surface area contributed by atoms with Crippen LogP contribution in [0.2, 0.25) is 0 Å². The quantitative estimate of drug-likeness (QED) is 0.408. The molecular weight excluding hydrogens is 396 g/mol. The number of anilines is 1. The van der Waals surface area contributed by atoms with E-state index in [1.54, 1.807) is 19.1 Å². The minimum Gasteiger partial charge on any atom is -0.262 e. The van der Waals surface area contributed by atoms with Gasteiger partial charge in [0.1, 0.15) is 0 Å². The van der Waals surface area contributed by atoms with E-state index in [1.165, 1.54) is 36.4 Å². The Kier molecular flexibility index (Phi) is 5.40. The average Bonchev–Trinajstić information content (AvgIpc) is 2.53. The molecule has 0 unspecified atom stereocenters. The number of hydrogen-bond acceptors (Lipinski definition) is 4. The third kappa shape index (κ3) is 3.65. The van der Waals surface area contributed by atoms with Crippen LogP contribution in [-0.2, 0) is 10.0 Å². The van der Waals surface area contributed by atoms with E-state index in [-0.39, 0.29) is 22.8 Å². The first-order valence-corrected chi connectivity index (χ1v) is 9.15. The van der Waals surface area contributed by atoms with Gasteiger partial charge < -0.3 is 0 Å². The van der Waals surface area contributed by atoms with Crippen molar-refractivity contribution in [2.75, 3.05) is 10.8 Å². The summed E-state index contributed by atoms with van der Waals surface area (Å²) in [6, 6.07) is 10.3. The predicted octanol–water partition coefficient (Wildman–Crippen LogP) is 4.05. The Bertz CT molecular complexity index is 879. The molecule has 2 aromatic carbocycles. The highest BCUT2D eigenvalue weighted by molar-refractivity contribution is 9.10. The molecule has 126 valence electrons. The number of nitro benzene ring substituents is 1. The molecule has 8 heteroatoms. The molecule has 0 aromatic heterocycles. The van der Waals surface area contributed by atoms with Crippen molar-refractivity contribution in [3.8, 4) is 0 Å². The SMILES string of the molecule is C=CCN(c1cc([N+](=O)[O-])ccc1C)S(=O)(=O)c1ccc(Br)cc1. The van der Waals surface area contributed by atoms with Gasteiger partial charge in [0.15, 0.2) is 0 Å². The lowest BCUT2D eigenvalue weighted by atomic mass is 10.2. The van der Waals surface area contributed by atoms with Crippen LogP contribution in [0.4, 0.5) is 11.4 Å². The highest BCUT2D eigenvalue weighted by atomic mass is 79.9. The van der Waals surface area contributed by atoms with E-state index in [4.69, 9.17) is 0 Å². The molecule has 0 atom stereocenters. The molecule has 24 heavy (non-hydrogen) atoms. The molecule has 0 aliphatic rings. The normalized spacial score (nSPS) is 11.1. The first-order valence-electron chi connectivity index (χ1n) is 6.91. The lowest BCUT2D eigenvalue weighted by Gasteiger charge is -2.24. The summed E-state index contributed by atoms with van der Waals surface area (Å²) < 4.78 is 27.8. The van der Waals surface area contributed by atoms with Crippen LogP contribution in [0, 0.1) is 17.0 Å². The molecule has 0 saturated carbocycles. The number of non-ortho nitro benzene ring substituents is 1. The molecule has 0 radical (unpaired) electrons. The fraction of sp³-hybridized carbons (Fsp3) is 0.125. The Morgan fingerprint density at radius 2 is 1.88 bits per heavy atom. The Morgan fingerprint density at radius 3 is 2.42 bits per heavy atom. The Morgan fingerprint density at radius 1 is 1.25 bits per heavy atom. The molecule has 0 amide bonds. The van der Waals surface area contributed by atoms with E-state index in [0.29, 0.717) is 5.56 Å². The highest BCUT2D eigenvalue weighted by Gasteiger charge is 2.26. The molecule has 6 nitrogen and oxygen atoms in total. The van der Waals surface area contributed by atoms with Crippen molar-refractivity contribution in [1.29, 1.82) is 0 Å². The summed E-state index contributed by atoms with van der Waals surface area (Å²) in [5.41, 5.74) is 0.700. The molecule has 2 aromatic rings. The number of hydrogen-bond donors (Lipinski definition) is 0. The first-order chi connectivity index (χ1) is 11.3. The van der Waals surface area contributed by atoms with Crippen molar-refractivity contribution in [3.63, 3.8) is 0 Å². The summed E-state index contributed by atoms with van der Waals surface area (Å²) in [7, 11) is -3.88. The lowest BCUT2D eigenvalue weighted by molar-refractivity contribution is -0.384. The maximum Gasteiger partial charge on any atom is 0.271 e. The van der Waals surface area contributed by atoms with Crippen molar-refractivity contribution < 1.29 is 13.3 Å². The van der Waals surface area contributed by atoms with Gasteiger partial charge in [0.2, 0.25) is 0 Å². The maximum atomic E-state index is 13.0. The molecule has 0 heterocycles. The van der Waals surface area contributed by atoms with Crippen molar-refractivity contribution in [2.45, 2.75) is 11.8 Å². The second kappa shape index (κ2) is 7.14. The van der Waals surface area contributed by atoms with Gasteiger partial charge in [-0.1, -0.05) is 28.1 Å². The second-order valence-corrected chi connectivity index (χ2v) is 7.78. The number of benzene rings is 2. The van der Waals surface area contributed by atoms with Crippen LogP contribution < -0.4 is 4.31 Å². The zero-order valence-electron chi connectivity index (χ0n) is 12.8. The monoisotopic (exact) mass is 410 g/mol. The molecule has 2 rings (SSSR count). The van der Waals surface area contributed by atoms with Crippen molar-refractivity contribution in [1.82, 2.24) is 0 Å². The fourth-order valence-electron chi connectivity index (χ4n) is 2.16. The van der Waals surface area contributed by atoms with E-state index in [9.17, 15) is 18.5 Å². The van der Waals surface area contributed by atoms with Crippen LogP contribution in [0.3, 0.4) is 0 Å². The van der Waals surface area contributed by atoms with Gasteiger partial charge in [-0.3, -0.25) is 14.4 Å². The van der Waals surface area contributed by atoms with Crippen LogP contribution in [0.25, 0.3) is 0 Å². The first kappa shape index (κ1) is 18.2. The summed E-state index contributed by atoms with van der Waals surface area (Å²) in [5, 5.41) is 11.0. The number of nitrogens with zero attached hydrogens (tertiary/aromatic N) is 2. The van der Waals surface area contributed by atoms with Gasteiger partial charge in [0.05, 0.1) is 22.1 Å². The van der Waals surface area contributed by atoms with Crippen LogP contribution in [0.15, 0.2) is 64.5 Å². The molecular formula is C16H15BrN2O4S. The van der Waals surface area contributed by atoms with E-state index < -0.39 is 14.9 Å². The summed E-state index contributed by atoms with van der Waals surface area (Å²) in [5.74, 6) is 0. The predicted molar refractivity (Wildman–Crippen MR) is 96.7 cm³/mol. The fourth-order valence-corrected chi connectivity index (χ4v) is 3.91. The van der Waals surface area contributed by atoms with Crippen LogP contribution >= 0.6 is 15.9 Å². The van der Waals surface area contributed by atoms with Crippen LogP contribution in [0.5, 0.6) is 0 Å². The minimum atomic E-state index is -3.88. The highest BCUT2D eigenvalue weighted by Crippen LogP contribution is 2.30. The van der Waals surface area contributed by atoms with Gasteiger partial charge in [-0.05, 0) is 36.8 Å². The van der Waals surface area contributed by atoms with Gasteiger partial charge in [-0.2, -0.15) is 0 Å². The molecule has 0 spiro atoms. The average molecular weight is 411 g/mol. The zero-order valence-corrected chi connectivity index (χ0v) is 15.2. The Balaban J connectivity index is 2.61. The topological polar surface area (TPSA) is 80.5 Å².